The van der Waals surface area contributed by atoms with Crippen LogP contribution < -0.4 is 0 Å². The third kappa shape index (κ3) is 3.10. The zero-order chi connectivity index (χ0) is 16.4. The van der Waals surface area contributed by atoms with Gasteiger partial charge in [0.05, 0.1) is 0 Å². The third-order valence-electron chi connectivity index (χ3n) is 3.67. The minimum absolute atomic E-state index is 0.156. The van der Waals surface area contributed by atoms with Gasteiger partial charge in [-0.15, -0.1) is 0 Å². The summed E-state index contributed by atoms with van der Waals surface area (Å²) < 4.78 is 26.0. The lowest BCUT2D eigenvalue weighted by Crippen LogP contribution is -2.58. The molecule has 1 aromatic heterocycles. The van der Waals surface area contributed by atoms with E-state index in [0.29, 0.717) is 30.2 Å². The van der Waals surface area contributed by atoms with Crippen LogP contribution in [0.4, 0.5) is 8.78 Å². The molecule has 2 heterocycles. The van der Waals surface area contributed by atoms with Crippen LogP contribution in [0.5, 0.6) is 0 Å². The molecule has 8 heteroatoms. The first-order valence-corrected chi connectivity index (χ1v) is 7.24. The molecule has 122 valence electrons. The molecular weight excluding hydrogens is 294 g/mol. The van der Waals surface area contributed by atoms with Gasteiger partial charge in [0.2, 0.25) is 5.91 Å². The first-order valence-electron chi connectivity index (χ1n) is 7.24. The van der Waals surface area contributed by atoms with E-state index >= 15 is 0 Å². The Morgan fingerprint density at radius 3 is 2.68 bits per heavy atom. The molecule has 1 unspecified atom stereocenters. The molecule has 0 radical (unpaired) electrons. The summed E-state index contributed by atoms with van der Waals surface area (Å²) in [4.78, 5) is 27.8. The fraction of sp³-hybridized carbons (Fsp3) is 0.643. The van der Waals surface area contributed by atoms with Gasteiger partial charge in [-0.1, -0.05) is 13.8 Å². The molecule has 0 bridgehead atoms. The SMILES string of the molecule is CC(C)CN1CCN(C(=O)c2ccnn2C(F)F)C(C)C1=O. The maximum atomic E-state index is 12.8. The number of aromatic nitrogens is 2. The van der Waals surface area contributed by atoms with Gasteiger partial charge in [0.15, 0.2) is 0 Å². The Morgan fingerprint density at radius 1 is 1.41 bits per heavy atom. The zero-order valence-corrected chi connectivity index (χ0v) is 12.9. The minimum atomic E-state index is -2.89. The second-order valence-corrected chi connectivity index (χ2v) is 5.79. The predicted molar refractivity (Wildman–Crippen MR) is 75.4 cm³/mol. The third-order valence-corrected chi connectivity index (χ3v) is 3.67. The maximum Gasteiger partial charge on any atom is 0.333 e. The first kappa shape index (κ1) is 16.4. The van der Waals surface area contributed by atoms with Gasteiger partial charge >= 0.3 is 6.55 Å². The number of rotatable bonds is 4. The van der Waals surface area contributed by atoms with E-state index in [1.165, 1.54) is 11.0 Å². The number of hydrogen-bond donors (Lipinski definition) is 0. The lowest BCUT2D eigenvalue weighted by Gasteiger charge is -2.39. The van der Waals surface area contributed by atoms with E-state index in [2.05, 4.69) is 5.10 Å². The number of carbonyl (C=O) groups is 2. The van der Waals surface area contributed by atoms with Gasteiger partial charge in [0.1, 0.15) is 11.7 Å². The molecule has 0 saturated carbocycles. The quantitative estimate of drug-likeness (QED) is 0.848. The first-order chi connectivity index (χ1) is 10.3. The fourth-order valence-electron chi connectivity index (χ4n) is 2.62. The van der Waals surface area contributed by atoms with E-state index in [4.69, 9.17) is 0 Å². The number of hydrogen-bond acceptors (Lipinski definition) is 3. The molecule has 0 aromatic carbocycles. The van der Waals surface area contributed by atoms with Crippen molar-refractivity contribution in [1.29, 1.82) is 0 Å². The van der Waals surface area contributed by atoms with Crippen LogP contribution in [-0.4, -0.2) is 57.1 Å². The van der Waals surface area contributed by atoms with Crippen LogP contribution in [-0.2, 0) is 4.79 Å². The largest absolute Gasteiger partial charge is 0.339 e. The summed E-state index contributed by atoms with van der Waals surface area (Å²) in [6.07, 6.45) is 1.15. The molecule has 22 heavy (non-hydrogen) atoms. The summed E-state index contributed by atoms with van der Waals surface area (Å²) in [5.74, 6) is -0.419. The van der Waals surface area contributed by atoms with Crippen molar-refractivity contribution >= 4 is 11.8 Å². The Bertz CT molecular complexity index is 559. The molecule has 1 aromatic rings. The predicted octanol–water partition coefficient (Wildman–Crippen LogP) is 1.61. The molecular formula is C14H20F2N4O2. The van der Waals surface area contributed by atoms with E-state index in [1.54, 1.807) is 11.8 Å². The standard InChI is InChI=1S/C14H20F2N4O2/c1-9(2)8-18-6-7-19(10(3)12(18)21)13(22)11-4-5-17-20(11)14(15)16/h4-5,9-10,14H,6-8H2,1-3H3. The molecule has 1 atom stereocenters. The van der Waals surface area contributed by atoms with Gasteiger partial charge < -0.3 is 9.80 Å². The topological polar surface area (TPSA) is 58.4 Å². The highest BCUT2D eigenvalue weighted by Gasteiger charge is 2.36. The van der Waals surface area contributed by atoms with Crippen molar-refractivity contribution in [1.82, 2.24) is 19.6 Å². The van der Waals surface area contributed by atoms with E-state index in [0.717, 1.165) is 6.20 Å². The molecule has 0 spiro atoms. The number of halogens is 2. The van der Waals surface area contributed by atoms with Crippen molar-refractivity contribution in [2.24, 2.45) is 5.92 Å². The number of alkyl halides is 2. The molecule has 2 rings (SSSR count). The van der Waals surface area contributed by atoms with Crippen LogP contribution >= 0.6 is 0 Å². The molecule has 1 aliphatic heterocycles. The normalized spacial score (nSPS) is 19.4. The number of carbonyl (C=O) groups excluding carboxylic acids is 2. The number of nitrogens with zero attached hydrogens (tertiary/aromatic N) is 4. The van der Waals surface area contributed by atoms with Crippen molar-refractivity contribution in [2.75, 3.05) is 19.6 Å². The fourth-order valence-corrected chi connectivity index (χ4v) is 2.62. The average Bonchev–Trinajstić information content (AvgIpc) is 2.92. The van der Waals surface area contributed by atoms with Gasteiger partial charge in [-0.2, -0.15) is 18.6 Å². The molecule has 1 fully saturated rings. The second kappa shape index (κ2) is 6.41. The second-order valence-electron chi connectivity index (χ2n) is 5.79. The van der Waals surface area contributed by atoms with E-state index < -0.39 is 18.5 Å². The van der Waals surface area contributed by atoms with E-state index in [1.807, 2.05) is 13.8 Å². The van der Waals surface area contributed by atoms with E-state index in [-0.39, 0.29) is 11.6 Å². The smallest absolute Gasteiger partial charge is 0.333 e. The van der Waals surface area contributed by atoms with Gasteiger partial charge in [-0.05, 0) is 18.9 Å². The summed E-state index contributed by atoms with van der Waals surface area (Å²) >= 11 is 0. The summed E-state index contributed by atoms with van der Waals surface area (Å²) in [6, 6.07) is 0.577. The summed E-state index contributed by atoms with van der Waals surface area (Å²) in [5, 5.41) is 3.45. The van der Waals surface area contributed by atoms with Crippen molar-refractivity contribution in [3.8, 4) is 0 Å². The highest BCUT2D eigenvalue weighted by molar-refractivity contribution is 5.96. The van der Waals surface area contributed by atoms with Crippen LogP contribution in [0.25, 0.3) is 0 Å². The van der Waals surface area contributed by atoms with Crippen LogP contribution in [0.15, 0.2) is 12.3 Å². The van der Waals surface area contributed by atoms with E-state index in [9.17, 15) is 18.4 Å². The molecule has 1 saturated heterocycles. The van der Waals surface area contributed by atoms with Crippen molar-refractivity contribution in [3.05, 3.63) is 18.0 Å². The lowest BCUT2D eigenvalue weighted by atomic mass is 10.1. The van der Waals surface area contributed by atoms with Crippen LogP contribution in [0, 0.1) is 5.92 Å². The summed E-state index contributed by atoms with van der Waals surface area (Å²) in [7, 11) is 0. The molecule has 0 aliphatic carbocycles. The highest BCUT2D eigenvalue weighted by atomic mass is 19.3. The molecule has 0 N–H and O–H groups in total. The molecule has 1 aliphatic rings. The van der Waals surface area contributed by atoms with Gasteiger partial charge in [0, 0.05) is 25.8 Å². The van der Waals surface area contributed by atoms with Crippen molar-refractivity contribution < 1.29 is 18.4 Å². The molecule has 2 amide bonds. The maximum absolute atomic E-state index is 12.8. The van der Waals surface area contributed by atoms with Crippen LogP contribution in [0.3, 0.4) is 0 Å². The summed E-state index contributed by atoms with van der Waals surface area (Å²) in [5.41, 5.74) is -0.202. The minimum Gasteiger partial charge on any atom is -0.339 e. The number of amides is 2. The van der Waals surface area contributed by atoms with Crippen LogP contribution in [0.1, 0.15) is 37.8 Å². The lowest BCUT2D eigenvalue weighted by molar-refractivity contribution is -0.140. The Kier molecular flexibility index (Phi) is 4.77. The number of piperazine rings is 1. The monoisotopic (exact) mass is 314 g/mol. The van der Waals surface area contributed by atoms with Crippen LogP contribution in [0.2, 0.25) is 0 Å². The Labute approximate surface area is 127 Å². The summed E-state index contributed by atoms with van der Waals surface area (Å²) in [6.45, 7) is 4.12. The highest BCUT2D eigenvalue weighted by Crippen LogP contribution is 2.19. The van der Waals surface area contributed by atoms with Crippen molar-refractivity contribution in [2.45, 2.75) is 33.4 Å². The zero-order valence-electron chi connectivity index (χ0n) is 12.9. The van der Waals surface area contributed by atoms with Gasteiger partial charge in [-0.3, -0.25) is 9.59 Å². The van der Waals surface area contributed by atoms with Gasteiger partial charge in [0.25, 0.3) is 5.91 Å². The Hall–Kier alpha value is -1.99. The van der Waals surface area contributed by atoms with Gasteiger partial charge in [-0.25, -0.2) is 0 Å². The Balaban J connectivity index is 2.15. The average molecular weight is 314 g/mol. The Morgan fingerprint density at radius 2 is 2.09 bits per heavy atom. The molecule has 6 nitrogen and oxygen atoms in total. The van der Waals surface area contributed by atoms with Crippen molar-refractivity contribution in [3.63, 3.8) is 0 Å².